The van der Waals surface area contributed by atoms with Crippen LogP contribution in [0.15, 0.2) is 18.2 Å². The van der Waals surface area contributed by atoms with Gasteiger partial charge in [0.05, 0.1) is 5.92 Å². The highest BCUT2D eigenvalue weighted by Crippen LogP contribution is 2.26. The number of carboxylic acids is 1. The van der Waals surface area contributed by atoms with Crippen LogP contribution in [0.25, 0.3) is 0 Å². The summed E-state index contributed by atoms with van der Waals surface area (Å²) in [5.41, 5.74) is 2.03. The van der Waals surface area contributed by atoms with Crippen molar-refractivity contribution in [3.63, 3.8) is 0 Å². The molecule has 2 unspecified atom stereocenters. The van der Waals surface area contributed by atoms with Gasteiger partial charge in [-0.3, -0.25) is 9.59 Å². The van der Waals surface area contributed by atoms with Gasteiger partial charge in [0.1, 0.15) is 0 Å². The molecule has 1 amide bonds. The van der Waals surface area contributed by atoms with Gasteiger partial charge in [-0.1, -0.05) is 30.2 Å². The predicted molar refractivity (Wildman–Crippen MR) is 81.4 cm³/mol. The second-order valence-electron chi connectivity index (χ2n) is 5.63. The molecule has 5 heteroatoms. The third-order valence-electron chi connectivity index (χ3n) is 4.06. The Morgan fingerprint density at radius 2 is 2.14 bits per heavy atom. The van der Waals surface area contributed by atoms with Crippen molar-refractivity contribution in [2.75, 3.05) is 0 Å². The zero-order valence-electron chi connectivity index (χ0n) is 12.1. The van der Waals surface area contributed by atoms with Gasteiger partial charge in [-0.2, -0.15) is 0 Å². The Morgan fingerprint density at radius 1 is 1.38 bits per heavy atom. The van der Waals surface area contributed by atoms with E-state index in [1.165, 1.54) is 0 Å². The Bertz CT molecular complexity index is 544. The number of rotatable bonds is 5. The molecule has 2 atom stereocenters. The summed E-state index contributed by atoms with van der Waals surface area (Å²) in [4.78, 5) is 23.0. The summed E-state index contributed by atoms with van der Waals surface area (Å²) in [5, 5.41) is 12.7. The van der Waals surface area contributed by atoms with Gasteiger partial charge in [0.2, 0.25) is 5.91 Å². The molecule has 0 spiro atoms. The molecule has 1 aliphatic rings. The molecule has 2 N–H and O–H groups in total. The molecule has 1 saturated carbocycles. The van der Waals surface area contributed by atoms with Gasteiger partial charge >= 0.3 is 5.97 Å². The van der Waals surface area contributed by atoms with Crippen LogP contribution < -0.4 is 5.32 Å². The van der Waals surface area contributed by atoms with Crippen LogP contribution in [-0.4, -0.2) is 23.0 Å². The van der Waals surface area contributed by atoms with E-state index in [1.54, 1.807) is 0 Å². The maximum Gasteiger partial charge on any atom is 0.308 e. The van der Waals surface area contributed by atoms with Crippen molar-refractivity contribution in [1.29, 1.82) is 0 Å². The average molecular weight is 310 g/mol. The van der Waals surface area contributed by atoms with Crippen molar-refractivity contribution in [2.45, 2.75) is 45.1 Å². The minimum absolute atomic E-state index is 0.0927. The van der Waals surface area contributed by atoms with E-state index in [0.29, 0.717) is 24.3 Å². The number of aliphatic carboxylic acids is 1. The first kappa shape index (κ1) is 15.8. The van der Waals surface area contributed by atoms with E-state index < -0.39 is 11.9 Å². The Labute approximate surface area is 129 Å². The monoisotopic (exact) mass is 309 g/mol. The summed E-state index contributed by atoms with van der Waals surface area (Å²) < 4.78 is 0. The third-order valence-corrected chi connectivity index (χ3v) is 4.46. The molecule has 1 aliphatic carbocycles. The molecular formula is C16H20ClNO3. The SMILES string of the molecule is Cc1ccc(CCC(=O)NC2CCCC2C(=O)O)cc1Cl. The van der Waals surface area contributed by atoms with Crippen LogP contribution in [0.5, 0.6) is 0 Å². The Kier molecular flexibility index (Phi) is 5.23. The highest BCUT2D eigenvalue weighted by atomic mass is 35.5. The summed E-state index contributed by atoms with van der Waals surface area (Å²) in [7, 11) is 0. The van der Waals surface area contributed by atoms with Gasteiger partial charge in [-0.25, -0.2) is 0 Å². The second kappa shape index (κ2) is 6.94. The van der Waals surface area contributed by atoms with Crippen molar-refractivity contribution >= 4 is 23.5 Å². The number of carbonyl (C=O) groups excluding carboxylic acids is 1. The van der Waals surface area contributed by atoms with Crippen LogP contribution in [0.3, 0.4) is 0 Å². The molecular weight excluding hydrogens is 290 g/mol. The minimum Gasteiger partial charge on any atom is -0.481 e. The van der Waals surface area contributed by atoms with Crippen molar-refractivity contribution in [1.82, 2.24) is 5.32 Å². The number of hydrogen-bond donors (Lipinski definition) is 2. The third kappa shape index (κ3) is 4.21. The summed E-state index contributed by atoms with van der Waals surface area (Å²) in [5.74, 6) is -1.35. The van der Waals surface area contributed by atoms with Crippen molar-refractivity contribution < 1.29 is 14.7 Å². The molecule has 0 aromatic heterocycles. The summed E-state index contributed by atoms with van der Waals surface area (Å²) in [6.07, 6.45) is 3.21. The number of halogens is 1. The Balaban J connectivity index is 1.84. The van der Waals surface area contributed by atoms with Gasteiger partial charge in [0, 0.05) is 17.5 Å². The van der Waals surface area contributed by atoms with E-state index in [0.717, 1.165) is 24.0 Å². The summed E-state index contributed by atoms with van der Waals surface area (Å²) >= 11 is 6.05. The van der Waals surface area contributed by atoms with E-state index in [-0.39, 0.29) is 11.9 Å². The van der Waals surface area contributed by atoms with Crippen LogP contribution in [0, 0.1) is 12.8 Å². The molecule has 0 saturated heterocycles. The highest BCUT2D eigenvalue weighted by Gasteiger charge is 2.33. The fourth-order valence-electron chi connectivity index (χ4n) is 2.76. The van der Waals surface area contributed by atoms with Crippen LogP contribution in [0.4, 0.5) is 0 Å². The molecule has 2 rings (SSSR count). The van der Waals surface area contributed by atoms with E-state index in [4.69, 9.17) is 16.7 Å². The number of carboxylic acid groups (broad SMARTS) is 1. The normalized spacial score (nSPS) is 21.2. The van der Waals surface area contributed by atoms with Crippen molar-refractivity contribution in [2.24, 2.45) is 5.92 Å². The second-order valence-corrected chi connectivity index (χ2v) is 6.04. The van der Waals surface area contributed by atoms with Gasteiger partial charge in [0.15, 0.2) is 0 Å². The highest BCUT2D eigenvalue weighted by molar-refractivity contribution is 6.31. The zero-order valence-corrected chi connectivity index (χ0v) is 12.8. The van der Waals surface area contributed by atoms with Crippen LogP contribution in [0.1, 0.15) is 36.8 Å². The number of nitrogens with one attached hydrogen (secondary N) is 1. The standard InChI is InChI=1S/C16H20ClNO3/c1-10-5-6-11(9-13(10)17)7-8-15(19)18-14-4-2-3-12(14)16(20)21/h5-6,9,12,14H,2-4,7-8H2,1H3,(H,18,19)(H,20,21). The number of amides is 1. The molecule has 114 valence electrons. The summed E-state index contributed by atoms with van der Waals surface area (Å²) in [6, 6.07) is 5.55. The summed E-state index contributed by atoms with van der Waals surface area (Å²) in [6.45, 7) is 1.94. The maximum atomic E-state index is 12.0. The molecule has 1 aromatic carbocycles. The first-order valence-corrected chi connectivity index (χ1v) is 7.62. The van der Waals surface area contributed by atoms with Crippen LogP contribution in [-0.2, 0) is 16.0 Å². The first-order chi connectivity index (χ1) is 9.97. The lowest BCUT2D eigenvalue weighted by atomic mass is 10.0. The largest absolute Gasteiger partial charge is 0.481 e. The number of benzene rings is 1. The number of aryl methyl sites for hydroxylation is 2. The van der Waals surface area contributed by atoms with Gasteiger partial charge in [-0.15, -0.1) is 0 Å². The number of hydrogen-bond acceptors (Lipinski definition) is 2. The molecule has 0 radical (unpaired) electrons. The average Bonchev–Trinajstić information content (AvgIpc) is 2.88. The van der Waals surface area contributed by atoms with Crippen molar-refractivity contribution in [3.05, 3.63) is 34.3 Å². The van der Waals surface area contributed by atoms with E-state index in [2.05, 4.69) is 5.32 Å². The number of carbonyl (C=O) groups is 2. The van der Waals surface area contributed by atoms with E-state index in [1.807, 2.05) is 25.1 Å². The Hall–Kier alpha value is -1.55. The lowest BCUT2D eigenvalue weighted by Gasteiger charge is -2.17. The quantitative estimate of drug-likeness (QED) is 0.879. The molecule has 0 aliphatic heterocycles. The fourth-order valence-corrected chi connectivity index (χ4v) is 2.96. The molecule has 4 nitrogen and oxygen atoms in total. The molecule has 0 heterocycles. The van der Waals surface area contributed by atoms with E-state index >= 15 is 0 Å². The first-order valence-electron chi connectivity index (χ1n) is 7.24. The van der Waals surface area contributed by atoms with Crippen molar-refractivity contribution in [3.8, 4) is 0 Å². The molecule has 21 heavy (non-hydrogen) atoms. The minimum atomic E-state index is -0.817. The van der Waals surface area contributed by atoms with Crippen LogP contribution in [0.2, 0.25) is 5.02 Å². The van der Waals surface area contributed by atoms with Gasteiger partial charge < -0.3 is 10.4 Å². The molecule has 1 fully saturated rings. The lowest BCUT2D eigenvalue weighted by molar-refractivity contribution is -0.142. The molecule has 1 aromatic rings. The Morgan fingerprint density at radius 3 is 2.81 bits per heavy atom. The van der Waals surface area contributed by atoms with Gasteiger partial charge in [-0.05, 0) is 43.4 Å². The predicted octanol–water partition coefficient (Wildman–Crippen LogP) is 2.95. The molecule has 0 bridgehead atoms. The maximum absolute atomic E-state index is 12.0. The fraction of sp³-hybridized carbons (Fsp3) is 0.500. The van der Waals surface area contributed by atoms with E-state index in [9.17, 15) is 9.59 Å². The van der Waals surface area contributed by atoms with Gasteiger partial charge in [0.25, 0.3) is 0 Å². The smallest absolute Gasteiger partial charge is 0.308 e. The van der Waals surface area contributed by atoms with Crippen LogP contribution >= 0.6 is 11.6 Å². The lowest BCUT2D eigenvalue weighted by Crippen LogP contribution is -2.40. The zero-order chi connectivity index (χ0) is 15.4. The topological polar surface area (TPSA) is 66.4 Å².